The first kappa shape index (κ1) is 22.1. The van der Waals surface area contributed by atoms with Crippen LogP contribution in [-0.4, -0.2) is 46.0 Å². The summed E-state index contributed by atoms with van der Waals surface area (Å²) < 4.78 is 26.7. The fourth-order valence-corrected chi connectivity index (χ4v) is 3.77. The first-order chi connectivity index (χ1) is 11.5. The number of aliphatic imine (C=N–C) groups is 1. The van der Waals surface area contributed by atoms with E-state index in [-0.39, 0.29) is 35.4 Å². The zero-order valence-corrected chi connectivity index (χ0v) is 17.9. The van der Waals surface area contributed by atoms with Crippen molar-refractivity contribution in [2.45, 2.75) is 37.5 Å². The van der Waals surface area contributed by atoms with Crippen molar-refractivity contribution < 1.29 is 8.42 Å². The van der Waals surface area contributed by atoms with E-state index in [4.69, 9.17) is 0 Å². The van der Waals surface area contributed by atoms with Crippen LogP contribution < -0.4 is 15.4 Å². The molecule has 3 N–H and O–H groups in total. The second kappa shape index (κ2) is 10.3. The zero-order valence-electron chi connectivity index (χ0n) is 14.8. The Kier molecular flexibility index (Phi) is 9.08. The molecule has 25 heavy (non-hydrogen) atoms. The lowest BCUT2D eigenvalue weighted by molar-refractivity contribution is 0.131. The third-order valence-electron chi connectivity index (χ3n) is 4.67. The number of halogens is 1. The molecule has 7 nitrogen and oxygen atoms in total. The van der Waals surface area contributed by atoms with Crippen molar-refractivity contribution in [1.82, 2.24) is 20.3 Å². The van der Waals surface area contributed by atoms with Crippen LogP contribution in [0.3, 0.4) is 0 Å². The molecule has 2 rings (SSSR count). The summed E-state index contributed by atoms with van der Waals surface area (Å²) in [6.07, 6.45) is 7.87. The summed E-state index contributed by atoms with van der Waals surface area (Å²) in [5, 5.41) is 6.48. The maximum absolute atomic E-state index is 12.1. The van der Waals surface area contributed by atoms with Gasteiger partial charge in [-0.15, -0.1) is 24.0 Å². The van der Waals surface area contributed by atoms with E-state index in [1.54, 1.807) is 19.3 Å². The average molecular weight is 481 g/mol. The van der Waals surface area contributed by atoms with Gasteiger partial charge in [0.05, 0.1) is 0 Å². The molecule has 0 atom stereocenters. The van der Waals surface area contributed by atoms with Gasteiger partial charge < -0.3 is 10.6 Å². The minimum absolute atomic E-state index is 0. The summed E-state index contributed by atoms with van der Waals surface area (Å²) >= 11 is 0. The van der Waals surface area contributed by atoms with Gasteiger partial charge in [0.25, 0.3) is 0 Å². The Labute approximate surface area is 167 Å². The van der Waals surface area contributed by atoms with Crippen molar-refractivity contribution in [3.05, 3.63) is 24.5 Å². The second-order valence-electron chi connectivity index (χ2n) is 6.15. The molecule has 1 saturated carbocycles. The van der Waals surface area contributed by atoms with Crippen LogP contribution in [0, 0.1) is 5.41 Å². The summed E-state index contributed by atoms with van der Waals surface area (Å²) in [7, 11) is -1.80. The van der Waals surface area contributed by atoms with Crippen LogP contribution in [0.15, 0.2) is 34.4 Å². The van der Waals surface area contributed by atoms with E-state index >= 15 is 0 Å². The first-order valence-electron chi connectivity index (χ1n) is 8.35. The Hall–Kier alpha value is -0.940. The van der Waals surface area contributed by atoms with Crippen LogP contribution in [0.25, 0.3) is 0 Å². The molecule has 9 heteroatoms. The van der Waals surface area contributed by atoms with E-state index in [0.29, 0.717) is 17.9 Å². The number of nitrogens with one attached hydrogen (secondary N) is 3. The summed E-state index contributed by atoms with van der Waals surface area (Å²) in [6, 6.07) is 3.12. The van der Waals surface area contributed by atoms with Crippen molar-refractivity contribution in [2.75, 3.05) is 26.7 Å². The lowest BCUT2D eigenvalue weighted by atomic mass is 9.67. The number of guanidine groups is 1. The molecular formula is C16H28IN5O2S. The molecule has 0 aromatic carbocycles. The Morgan fingerprint density at radius 1 is 1.32 bits per heavy atom. The van der Waals surface area contributed by atoms with Gasteiger partial charge in [0, 0.05) is 39.1 Å². The molecule has 0 bridgehead atoms. The van der Waals surface area contributed by atoms with Gasteiger partial charge in [-0.2, -0.15) is 0 Å². The SMILES string of the molecule is CCC1(CNC(=NC)NCCNS(=O)(=O)c2cccnc2)CCC1.I. The highest BCUT2D eigenvalue weighted by Crippen LogP contribution is 2.42. The summed E-state index contributed by atoms with van der Waals surface area (Å²) in [5.41, 5.74) is 0.402. The number of rotatable bonds is 8. The third kappa shape index (κ3) is 6.37. The minimum atomic E-state index is -3.51. The molecule has 0 aliphatic heterocycles. The van der Waals surface area contributed by atoms with E-state index in [0.717, 1.165) is 6.54 Å². The predicted octanol–water partition coefficient (Wildman–Crippen LogP) is 1.72. The van der Waals surface area contributed by atoms with E-state index in [1.165, 1.54) is 37.9 Å². The van der Waals surface area contributed by atoms with Crippen LogP contribution in [0.4, 0.5) is 0 Å². The molecule has 1 aliphatic carbocycles. The number of hydrogen-bond donors (Lipinski definition) is 3. The standard InChI is InChI=1S/C16H27N5O2S.HI/c1-3-16(7-5-8-16)13-20-15(17-2)19-10-11-21-24(22,23)14-6-4-9-18-12-14;/h4,6,9,12,21H,3,5,7-8,10-11,13H2,1-2H3,(H2,17,19,20);1H. The molecule has 1 aromatic rings. The zero-order chi connectivity index (χ0) is 17.5. The summed E-state index contributed by atoms with van der Waals surface area (Å²) in [5.74, 6) is 0.704. The Morgan fingerprint density at radius 2 is 2.08 bits per heavy atom. The number of pyridine rings is 1. The predicted molar refractivity (Wildman–Crippen MR) is 111 cm³/mol. The maximum atomic E-state index is 12.1. The van der Waals surface area contributed by atoms with Crippen LogP contribution >= 0.6 is 24.0 Å². The molecule has 1 aliphatic rings. The molecule has 1 aromatic heterocycles. The molecule has 1 heterocycles. The quantitative estimate of drug-likeness (QED) is 0.228. The fourth-order valence-electron chi connectivity index (χ4n) is 2.78. The van der Waals surface area contributed by atoms with Crippen LogP contribution in [0.5, 0.6) is 0 Å². The first-order valence-corrected chi connectivity index (χ1v) is 9.84. The molecule has 0 radical (unpaired) electrons. The minimum Gasteiger partial charge on any atom is -0.356 e. The van der Waals surface area contributed by atoms with E-state index in [1.807, 2.05) is 0 Å². The van der Waals surface area contributed by atoms with Crippen molar-refractivity contribution in [1.29, 1.82) is 0 Å². The van der Waals surface area contributed by atoms with Crippen molar-refractivity contribution >= 4 is 40.0 Å². The molecular weight excluding hydrogens is 453 g/mol. The van der Waals surface area contributed by atoms with Crippen molar-refractivity contribution in [2.24, 2.45) is 10.4 Å². The summed E-state index contributed by atoms with van der Waals surface area (Å²) in [4.78, 5) is 8.18. The molecule has 1 fully saturated rings. The van der Waals surface area contributed by atoms with Crippen LogP contribution in [0.1, 0.15) is 32.6 Å². The topological polar surface area (TPSA) is 95.5 Å². The van der Waals surface area contributed by atoms with Gasteiger partial charge in [-0.05, 0) is 36.8 Å². The lowest BCUT2D eigenvalue weighted by Crippen LogP contribution is -2.47. The molecule has 0 saturated heterocycles. The van der Waals surface area contributed by atoms with Crippen molar-refractivity contribution in [3.63, 3.8) is 0 Å². The Morgan fingerprint density at radius 3 is 2.60 bits per heavy atom. The number of hydrogen-bond acceptors (Lipinski definition) is 4. The monoisotopic (exact) mass is 481 g/mol. The molecule has 0 spiro atoms. The van der Waals surface area contributed by atoms with Gasteiger partial charge in [-0.3, -0.25) is 9.98 Å². The van der Waals surface area contributed by atoms with Gasteiger partial charge in [0.15, 0.2) is 5.96 Å². The number of sulfonamides is 1. The average Bonchev–Trinajstić information content (AvgIpc) is 2.57. The number of nitrogens with zero attached hydrogens (tertiary/aromatic N) is 2. The highest BCUT2D eigenvalue weighted by Gasteiger charge is 2.34. The fraction of sp³-hybridized carbons (Fsp3) is 0.625. The van der Waals surface area contributed by atoms with E-state index in [9.17, 15) is 8.42 Å². The Balaban J connectivity index is 0.00000312. The van der Waals surface area contributed by atoms with Gasteiger partial charge in [-0.25, -0.2) is 13.1 Å². The third-order valence-corrected chi connectivity index (χ3v) is 6.12. The van der Waals surface area contributed by atoms with Crippen molar-refractivity contribution in [3.8, 4) is 0 Å². The van der Waals surface area contributed by atoms with Gasteiger partial charge in [0.1, 0.15) is 4.90 Å². The lowest BCUT2D eigenvalue weighted by Gasteiger charge is -2.41. The van der Waals surface area contributed by atoms with Gasteiger partial charge in [0.2, 0.25) is 10.0 Å². The smallest absolute Gasteiger partial charge is 0.242 e. The highest BCUT2D eigenvalue weighted by molar-refractivity contribution is 14.0. The van der Waals surface area contributed by atoms with Gasteiger partial charge in [-0.1, -0.05) is 13.3 Å². The number of aromatic nitrogens is 1. The second-order valence-corrected chi connectivity index (χ2v) is 7.91. The normalized spacial score (nSPS) is 16.5. The summed E-state index contributed by atoms with van der Waals surface area (Å²) in [6.45, 7) is 3.87. The molecule has 0 unspecified atom stereocenters. The molecule has 0 amide bonds. The Bertz CT molecular complexity index is 642. The van der Waals surface area contributed by atoms with Crippen LogP contribution in [0.2, 0.25) is 0 Å². The highest BCUT2D eigenvalue weighted by atomic mass is 127. The largest absolute Gasteiger partial charge is 0.356 e. The maximum Gasteiger partial charge on any atom is 0.242 e. The molecule has 142 valence electrons. The van der Waals surface area contributed by atoms with Gasteiger partial charge >= 0.3 is 0 Å². The van der Waals surface area contributed by atoms with Crippen LogP contribution in [-0.2, 0) is 10.0 Å². The van der Waals surface area contributed by atoms with E-state index < -0.39 is 10.0 Å². The van der Waals surface area contributed by atoms with E-state index in [2.05, 4.69) is 32.3 Å².